The SMILES string of the molecule is COc1cc(CNCCc2ccc(F)cc2)ccc1OCc1ccc(Cl)c(Cl)c1. The molecule has 0 heterocycles. The molecule has 0 fully saturated rings. The van der Waals surface area contributed by atoms with E-state index in [1.165, 1.54) is 12.1 Å². The van der Waals surface area contributed by atoms with Crippen LogP contribution in [0.1, 0.15) is 16.7 Å². The van der Waals surface area contributed by atoms with Crippen molar-refractivity contribution in [2.75, 3.05) is 13.7 Å². The summed E-state index contributed by atoms with van der Waals surface area (Å²) >= 11 is 12.0. The van der Waals surface area contributed by atoms with Gasteiger partial charge in [-0.1, -0.05) is 47.5 Å². The Kier molecular flexibility index (Phi) is 7.76. The van der Waals surface area contributed by atoms with Crippen LogP contribution in [-0.2, 0) is 19.6 Å². The minimum absolute atomic E-state index is 0.213. The van der Waals surface area contributed by atoms with Crippen LogP contribution in [0.4, 0.5) is 4.39 Å². The minimum atomic E-state index is -0.213. The second kappa shape index (κ2) is 10.5. The maximum absolute atomic E-state index is 12.9. The van der Waals surface area contributed by atoms with Gasteiger partial charge in [-0.15, -0.1) is 0 Å². The molecule has 0 unspecified atom stereocenters. The highest BCUT2D eigenvalue weighted by molar-refractivity contribution is 6.42. The van der Waals surface area contributed by atoms with Gasteiger partial charge in [-0.05, 0) is 66.1 Å². The molecule has 3 nitrogen and oxygen atoms in total. The van der Waals surface area contributed by atoms with Crippen LogP contribution < -0.4 is 14.8 Å². The van der Waals surface area contributed by atoms with Gasteiger partial charge in [0.15, 0.2) is 11.5 Å². The summed E-state index contributed by atoms with van der Waals surface area (Å²) in [5, 5.41) is 4.41. The zero-order chi connectivity index (χ0) is 20.6. The molecular weight excluding hydrogens is 412 g/mol. The van der Waals surface area contributed by atoms with Gasteiger partial charge >= 0.3 is 0 Å². The van der Waals surface area contributed by atoms with E-state index in [4.69, 9.17) is 32.7 Å². The Morgan fingerprint density at radius 3 is 2.28 bits per heavy atom. The number of benzene rings is 3. The van der Waals surface area contributed by atoms with Crippen LogP contribution in [0.15, 0.2) is 60.7 Å². The van der Waals surface area contributed by atoms with E-state index in [0.717, 1.165) is 29.7 Å². The summed E-state index contributed by atoms with van der Waals surface area (Å²) in [6, 6.07) is 17.8. The van der Waals surface area contributed by atoms with Gasteiger partial charge in [0.25, 0.3) is 0 Å². The van der Waals surface area contributed by atoms with E-state index in [9.17, 15) is 4.39 Å². The van der Waals surface area contributed by atoms with E-state index in [-0.39, 0.29) is 5.82 Å². The number of hydrogen-bond donors (Lipinski definition) is 1. The molecule has 0 saturated carbocycles. The molecule has 0 aliphatic carbocycles. The molecule has 152 valence electrons. The third-order valence-corrected chi connectivity index (χ3v) is 5.18. The van der Waals surface area contributed by atoms with Crippen molar-refractivity contribution in [1.29, 1.82) is 0 Å². The third kappa shape index (κ3) is 6.36. The topological polar surface area (TPSA) is 30.5 Å². The zero-order valence-electron chi connectivity index (χ0n) is 16.1. The average Bonchev–Trinajstić information content (AvgIpc) is 2.73. The fraction of sp³-hybridized carbons (Fsp3) is 0.217. The van der Waals surface area contributed by atoms with Crippen LogP contribution in [0.3, 0.4) is 0 Å². The Balaban J connectivity index is 1.52. The molecule has 3 rings (SSSR count). The molecule has 3 aromatic rings. The zero-order valence-corrected chi connectivity index (χ0v) is 17.6. The Bertz CT molecular complexity index is 948. The summed E-state index contributed by atoms with van der Waals surface area (Å²) in [6.07, 6.45) is 0.836. The van der Waals surface area contributed by atoms with Crippen molar-refractivity contribution >= 4 is 23.2 Å². The van der Waals surface area contributed by atoms with E-state index >= 15 is 0 Å². The summed E-state index contributed by atoms with van der Waals surface area (Å²) in [6.45, 7) is 1.86. The summed E-state index contributed by atoms with van der Waals surface area (Å²) < 4.78 is 24.3. The van der Waals surface area contributed by atoms with Gasteiger partial charge in [0.05, 0.1) is 17.2 Å². The van der Waals surface area contributed by atoms with Crippen molar-refractivity contribution in [1.82, 2.24) is 5.32 Å². The second-order valence-corrected chi connectivity index (χ2v) is 7.39. The molecule has 3 aromatic carbocycles. The second-order valence-electron chi connectivity index (χ2n) is 6.58. The van der Waals surface area contributed by atoms with Crippen LogP contribution in [0.25, 0.3) is 0 Å². The van der Waals surface area contributed by atoms with Gasteiger partial charge in [-0.2, -0.15) is 0 Å². The number of hydrogen-bond acceptors (Lipinski definition) is 3. The molecule has 0 aliphatic rings. The van der Waals surface area contributed by atoms with Gasteiger partial charge in [-0.25, -0.2) is 4.39 Å². The van der Waals surface area contributed by atoms with Crippen LogP contribution in [0.2, 0.25) is 10.0 Å². The molecule has 0 amide bonds. The molecule has 1 N–H and O–H groups in total. The Hall–Kier alpha value is -2.27. The van der Waals surface area contributed by atoms with Crippen molar-refractivity contribution < 1.29 is 13.9 Å². The Morgan fingerprint density at radius 1 is 0.828 bits per heavy atom. The highest BCUT2D eigenvalue weighted by Gasteiger charge is 2.07. The maximum Gasteiger partial charge on any atom is 0.161 e. The Labute approximate surface area is 180 Å². The van der Waals surface area contributed by atoms with Gasteiger partial charge in [0, 0.05) is 6.54 Å². The largest absolute Gasteiger partial charge is 0.493 e. The van der Waals surface area contributed by atoms with Crippen molar-refractivity contribution in [2.24, 2.45) is 0 Å². The average molecular weight is 434 g/mol. The lowest BCUT2D eigenvalue weighted by Gasteiger charge is -2.13. The third-order valence-electron chi connectivity index (χ3n) is 4.44. The first-order valence-electron chi connectivity index (χ1n) is 9.24. The lowest BCUT2D eigenvalue weighted by molar-refractivity contribution is 0.284. The number of rotatable bonds is 9. The normalized spacial score (nSPS) is 10.8. The smallest absolute Gasteiger partial charge is 0.161 e. The Morgan fingerprint density at radius 2 is 1.55 bits per heavy atom. The van der Waals surface area contributed by atoms with E-state index in [2.05, 4.69) is 5.32 Å². The highest BCUT2D eigenvalue weighted by Crippen LogP contribution is 2.29. The first-order chi connectivity index (χ1) is 14.0. The summed E-state index contributed by atoms with van der Waals surface area (Å²) in [4.78, 5) is 0. The predicted molar refractivity (Wildman–Crippen MR) is 116 cm³/mol. The number of nitrogens with one attached hydrogen (secondary N) is 1. The molecule has 0 aliphatic heterocycles. The molecule has 0 radical (unpaired) electrons. The fourth-order valence-electron chi connectivity index (χ4n) is 2.85. The van der Waals surface area contributed by atoms with Gasteiger partial charge in [0.1, 0.15) is 12.4 Å². The molecule has 0 aromatic heterocycles. The van der Waals surface area contributed by atoms with E-state index < -0.39 is 0 Å². The fourth-order valence-corrected chi connectivity index (χ4v) is 3.17. The van der Waals surface area contributed by atoms with E-state index in [1.54, 1.807) is 31.4 Å². The molecule has 29 heavy (non-hydrogen) atoms. The molecular formula is C23H22Cl2FNO2. The van der Waals surface area contributed by atoms with Crippen molar-refractivity contribution in [3.63, 3.8) is 0 Å². The summed E-state index contributed by atoms with van der Waals surface area (Å²) in [5.41, 5.74) is 3.11. The van der Waals surface area contributed by atoms with Crippen molar-refractivity contribution in [3.8, 4) is 11.5 Å². The first kappa shape index (κ1) is 21.4. The highest BCUT2D eigenvalue weighted by atomic mass is 35.5. The number of methoxy groups -OCH3 is 1. The van der Waals surface area contributed by atoms with Gasteiger partial charge in [-0.3, -0.25) is 0 Å². The van der Waals surface area contributed by atoms with Crippen molar-refractivity contribution in [3.05, 3.63) is 93.2 Å². The van der Waals surface area contributed by atoms with Crippen LogP contribution in [-0.4, -0.2) is 13.7 Å². The molecule has 0 saturated heterocycles. The standard InChI is InChI=1S/C23H22Cl2FNO2/c1-28-23-13-17(14-27-11-10-16-2-6-19(26)7-3-16)5-9-22(23)29-15-18-4-8-20(24)21(25)12-18/h2-9,12-13,27H,10-11,14-15H2,1H3. The van der Waals surface area contributed by atoms with E-state index in [0.29, 0.717) is 34.7 Å². The molecule has 0 spiro atoms. The quantitative estimate of drug-likeness (QED) is 0.416. The van der Waals surface area contributed by atoms with E-state index in [1.807, 2.05) is 24.3 Å². The molecule has 0 atom stereocenters. The van der Waals surface area contributed by atoms with Crippen LogP contribution >= 0.6 is 23.2 Å². The van der Waals surface area contributed by atoms with Crippen LogP contribution in [0, 0.1) is 5.82 Å². The number of halogens is 3. The maximum atomic E-state index is 12.9. The van der Waals surface area contributed by atoms with Crippen molar-refractivity contribution in [2.45, 2.75) is 19.6 Å². The van der Waals surface area contributed by atoms with Gasteiger partial charge < -0.3 is 14.8 Å². The van der Waals surface area contributed by atoms with Crippen LogP contribution in [0.5, 0.6) is 11.5 Å². The predicted octanol–water partition coefficient (Wildman–Crippen LogP) is 6.05. The lowest BCUT2D eigenvalue weighted by atomic mass is 10.1. The number of ether oxygens (including phenoxy) is 2. The minimum Gasteiger partial charge on any atom is -0.493 e. The summed E-state index contributed by atoms with van der Waals surface area (Å²) in [7, 11) is 1.62. The monoisotopic (exact) mass is 433 g/mol. The molecule has 0 bridgehead atoms. The van der Waals surface area contributed by atoms with Gasteiger partial charge in [0.2, 0.25) is 0 Å². The molecule has 6 heteroatoms. The lowest BCUT2D eigenvalue weighted by Crippen LogP contribution is -2.16. The first-order valence-corrected chi connectivity index (χ1v) is 9.99. The summed E-state index contributed by atoms with van der Waals surface area (Å²) in [5.74, 6) is 1.12.